The van der Waals surface area contributed by atoms with E-state index < -0.39 is 95.3 Å². The lowest BCUT2D eigenvalue weighted by atomic mass is 10.0. The normalized spacial score (nSPS) is 16.0. The molecule has 0 radical (unpaired) electrons. The molecule has 23 heteroatoms. The zero-order valence-corrected chi connectivity index (χ0v) is 46.4. The zero-order valence-electron chi connectivity index (χ0n) is 102. The van der Waals surface area contributed by atoms with Crippen molar-refractivity contribution in [2.75, 3.05) is 14.1 Å². The van der Waals surface area contributed by atoms with Crippen molar-refractivity contribution in [3.05, 3.63) is 131 Å². The predicted molar refractivity (Wildman–Crippen MR) is 336 cm³/mol. The lowest BCUT2D eigenvalue weighted by Crippen LogP contribution is -2.47. The fourth-order valence-corrected chi connectivity index (χ4v) is 6.64. The fourth-order valence-electron chi connectivity index (χ4n) is 6.64. The van der Waals surface area contributed by atoms with Crippen LogP contribution >= 0.6 is 0 Å². The van der Waals surface area contributed by atoms with E-state index in [0.29, 0.717) is 17.5 Å². The number of benzene rings is 2. The van der Waals surface area contributed by atoms with Crippen molar-refractivity contribution in [1.29, 1.82) is 0 Å². The summed E-state index contributed by atoms with van der Waals surface area (Å²) < 4.78 is 382. The molecular weight excluding hydrogens is 1050 g/mol. The highest BCUT2D eigenvalue weighted by molar-refractivity contribution is 5.85. The van der Waals surface area contributed by atoms with Crippen LogP contribution in [0.5, 0.6) is 0 Å². The van der Waals surface area contributed by atoms with Gasteiger partial charge in [-0.1, -0.05) is 100 Å². The number of esters is 3. The van der Waals surface area contributed by atoms with Crippen LogP contribution in [0.3, 0.4) is 0 Å². The second-order valence-corrected chi connectivity index (χ2v) is 20.9. The first kappa shape index (κ1) is 35.3. The maximum Gasteiger partial charge on any atom is 0.433 e. The maximum atomic E-state index is 13.3. The van der Waals surface area contributed by atoms with E-state index in [1.165, 1.54) is 20.2 Å². The molecule has 2 heterocycles. The smallest absolute Gasteiger partial charge is 0.433 e. The first-order chi connectivity index (χ1) is 64.5. The van der Waals surface area contributed by atoms with E-state index in [1.807, 2.05) is 33.8 Å². The Bertz CT molecular complexity index is 2670. The standard InChI is InChI=1S/C28H35F3N2O6.C16H14F3NO3.C12H23NO4.28H2/c1-18(2)14-21(33(6)26(36)39-27(3,4)5)24(34)38-22(25(35)37-17-19-10-8-7-9-11-19)15-20-12-13-23(32-16-20)28(29,30)31;17-16(18,19)14-7-6-12(9-20-14)8-13(21)15(22)23-10-11-4-2-1-3-5-11;1-8(2)7-9(10(14)15)13(6)11(16)17-12(3,4)5;;;;;;;;;;;;;;;;;;;;;;;;;;;;/h7-13,16,18,21-22H,14-15,17H2,1-6H3;1-7,9,13,21H,8,10H2;8-9H,7H2,1-6H3,(H,14,15);28*1H/t21-,22+;13-;9-;;;;;;;;;;;;;;;;;;;;;;;;;;;;/m010............................/s1/i;;;28*1+1D. The molecule has 2 aromatic heterocycles. The lowest BCUT2D eigenvalue weighted by Gasteiger charge is -2.31. The average molecular weight is 1240 g/mol. The Morgan fingerprint density at radius 2 is 0.937 bits per heavy atom. The van der Waals surface area contributed by atoms with Gasteiger partial charge in [0.15, 0.2) is 6.10 Å². The molecule has 2 amide bonds. The molecule has 79 heavy (non-hydrogen) atoms. The summed E-state index contributed by atoms with van der Waals surface area (Å²) >= 11 is 0. The third-order valence-corrected chi connectivity index (χ3v) is 10.6. The van der Waals surface area contributed by atoms with Gasteiger partial charge in [0.25, 0.3) is 0 Å². The van der Waals surface area contributed by atoms with Gasteiger partial charge in [-0.25, -0.2) is 28.8 Å². The predicted octanol–water partition coefficient (Wildman–Crippen LogP) is 17.6. The third-order valence-electron chi connectivity index (χ3n) is 10.6. The summed E-state index contributed by atoms with van der Waals surface area (Å²) in [5, 5.41) is 18.8. The molecule has 2 N–H and O–H groups in total. The van der Waals surface area contributed by atoms with Crippen molar-refractivity contribution in [2.45, 2.75) is 156 Å². The SMILES string of the molecule is CC(C)C[C@@H](C(=O)O)N(C)C(=O)OC(C)(C)C.CC(C)C[C@@H](C(=O)O[C@H](Cc1ccc(C(F)(F)F)nc1)C(=O)OCc1ccccc1)N(C)C(=O)OC(C)(C)C.O=C(OCc1ccccc1)[C@H](O)Cc1ccc(C(F)(F)F)nc1.[2H][2H].[2H][2H].[2H][2H].[2H][2H].[2H][2H].[2H][2H].[2H][2H].[2H][2H].[2H][2H].[2H][2H].[2H][2H].[2H][2H].[2H][2H].[2H][2H].[2H][2H].[2H][2H].[2H][2H].[2H][2H].[2H][2H].[2H][2H].[2H][2H].[2H][2H].[2H][2H].[2H][2H].[2H][2H].[2H][2H].[2H][2H].[2H][2H]. The molecule has 0 aliphatic carbocycles. The highest BCUT2D eigenvalue weighted by Crippen LogP contribution is 2.29. The molecule has 0 unspecified atom stereocenters. The van der Waals surface area contributed by atoms with Crippen molar-refractivity contribution in [3.63, 3.8) is 0 Å². The largest absolute Gasteiger partial charge is 0.480 e. The maximum absolute atomic E-state index is 13.3. The zero-order chi connectivity index (χ0) is 116. The number of carboxylic acid groups (broad SMARTS) is 1. The number of amides is 2. The van der Waals surface area contributed by atoms with Gasteiger partial charge in [-0.3, -0.25) is 19.8 Å². The topological polar surface area (TPSA) is 221 Å². The Morgan fingerprint density at radius 3 is 1.29 bits per heavy atom. The second kappa shape index (κ2) is 30.7. The van der Waals surface area contributed by atoms with Crippen LogP contribution < -0.4 is 0 Å². The number of aromatic nitrogens is 2. The molecule has 0 bridgehead atoms. The molecule has 0 saturated heterocycles. The number of halogens is 6. The van der Waals surface area contributed by atoms with Crippen molar-refractivity contribution in [3.8, 4) is 0 Å². The molecule has 492 valence electrons. The molecule has 0 aliphatic heterocycles. The second-order valence-electron chi connectivity index (χ2n) is 20.9. The number of aliphatic hydroxyl groups excluding tert-OH is 1. The quantitative estimate of drug-likeness (QED) is 0.0506. The van der Waals surface area contributed by atoms with Crippen molar-refractivity contribution in [1.82, 2.24) is 19.8 Å². The summed E-state index contributed by atoms with van der Waals surface area (Å²) in [5.41, 5.74) is -1.56. The number of ether oxygens (including phenoxy) is 5. The molecule has 2 aromatic carbocycles. The van der Waals surface area contributed by atoms with E-state index in [9.17, 15) is 60.2 Å². The van der Waals surface area contributed by atoms with E-state index in [0.717, 1.165) is 46.0 Å². The van der Waals surface area contributed by atoms with E-state index in [4.69, 9.17) is 112 Å². The Hall–Kier alpha value is -7.30. The van der Waals surface area contributed by atoms with Crippen molar-refractivity contribution >= 4 is 36.1 Å². The highest BCUT2D eigenvalue weighted by Gasteiger charge is 2.37. The van der Waals surface area contributed by atoms with Crippen molar-refractivity contribution in [2.24, 2.45) is 11.8 Å². The molecule has 4 atom stereocenters. The van der Waals surface area contributed by atoms with Crippen LogP contribution in [0.1, 0.15) is 199 Å². The van der Waals surface area contributed by atoms with Gasteiger partial charge in [-0.05, 0) is 101 Å². The molecule has 4 aromatic rings. The number of pyridine rings is 2. The van der Waals surface area contributed by atoms with Gasteiger partial charge in [0.05, 0.1) is 0 Å². The number of aliphatic hydroxyl groups is 1. The fraction of sp³-hybridized carbons (Fsp3) is 0.500. The summed E-state index contributed by atoms with van der Waals surface area (Å²) in [6.07, 6.45) is -11.4. The van der Waals surface area contributed by atoms with Gasteiger partial charge < -0.3 is 33.9 Å². The monoisotopic (exact) mass is 1240 g/mol. The molecule has 0 aliphatic rings. The van der Waals surface area contributed by atoms with Gasteiger partial charge in [0.1, 0.15) is 47.9 Å². The van der Waals surface area contributed by atoms with Crippen LogP contribution in [0.15, 0.2) is 97.3 Å². The minimum atomic E-state index is -4.63. The summed E-state index contributed by atoms with van der Waals surface area (Å²) in [5.74, 6) is -3.45. The first-order valence-electron chi connectivity index (χ1n) is 53.0. The van der Waals surface area contributed by atoms with Crippen molar-refractivity contribution < 1.29 is 172 Å². The van der Waals surface area contributed by atoms with Crippen LogP contribution in [0, 0.1) is 11.8 Å². The highest BCUT2D eigenvalue weighted by atomic mass is 19.4. The number of likely N-dealkylation sites (N-methyl/N-ethyl adjacent to an activating group) is 2. The van der Waals surface area contributed by atoms with Crippen LogP contribution in [-0.4, -0.2) is 116 Å². The van der Waals surface area contributed by atoms with Crippen LogP contribution in [0.4, 0.5) is 35.9 Å². The summed E-state index contributed by atoms with van der Waals surface area (Å²) in [7, 11) is 2.85. The number of aliphatic carboxylic acids is 1. The van der Waals surface area contributed by atoms with Crippen LogP contribution in [0.25, 0.3) is 0 Å². The molecule has 0 saturated carbocycles. The van der Waals surface area contributed by atoms with Gasteiger partial charge in [0, 0.05) is 122 Å². The molecular formula is C56H128F6N4O13. The Labute approximate surface area is 543 Å². The summed E-state index contributed by atoms with van der Waals surface area (Å²) in [4.78, 5) is 82.4. The molecule has 0 spiro atoms. The Morgan fingerprint density at radius 1 is 0.557 bits per heavy atom. The Kier molecular flexibility index (Phi) is 13.8. The molecule has 0 fully saturated rings. The average Bonchev–Trinajstić information content (AvgIpc) is 0.834. The van der Waals surface area contributed by atoms with E-state index in [-0.39, 0.29) is 49.9 Å². The minimum absolute atomic E-state index is 0.0159. The third kappa shape index (κ3) is 26.3. The van der Waals surface area contributed by atoms with Crippen LogP contribution in [0.2, 0.25) is 0 Å². The van der Waals surface area contributed by atoms with Crippen LogP contribution in [-0.2, 0) is 81.3 Å². The summed E-state index contributed by atoms with van der Waals surface area (Å²) in [6, 6.07) is 19.7. The number of nitrogens with zero attached hydrogens (tertiary/aromatic N) is 4. The van der Waals surface area contributed by atoms with Gasteiger partial charge in [-0.2, -0.15) is 26.3 Å². The summed E-state index contributed by atoms with van der Waals surface area (Å²) in [6.45, 7) is 17.7. The van der Waals surface area contributed by atoms with E-state index >= 15 is 0 Å². The first-order valence-corrected chi connectivity index (χ1v) is 25.0. The Balaban J connectivity index is -0.0000000422. The number of carbonyl (C=O) groups excluding carboxylic acids is 5. The number of hydrogen-bond acceptors (Lipinski definition) is 14. The van der Waals surface area contributed by atoms with E-state index in [1.54, 1.807) is 96.1 Å². The molecule has 4 rings (SSSR count). The number of rotatable bonds is 19. The number of alkyl halides is 6. The number of hydrogen-bond donors (Lipinski definition) is 2. The number of carboxylic acids is 1. The van der Waals surface area contributed by atoms with Gasteiger partial charge in [-0.15, -0.1) is 0 Å². The molecule has 17 nitrogen and oxygen atoms in total. The van der Waals surface area contributed by atoms with E-state index in [2.05, 4.69) is 9.97 Å². The van der Waals surface area contributed by atoms with Gasteiger partial charge >= 0.3 is 48.4 Å². The van der Waals surface area contributed by atoms with Gasteiger partial charge in [0.2, 0.25) is 6.10 Å². The number of carbonyl (C=O) groups is 6. The minimum Gasteiger partial charge on any atom is -0.480 e. The lowest BCUT2D eigenvalue weighted by molar-refractivity contribution is -0.171.